The molecule has 23 heavy (non-hydrogen) atoms. The van der Waals surface area contributed by atoms with Crippen molar-refractivity contribution in [3.05, 3.63) is 0 Å². The third-order valence-corrected chi connectivity index (χ3v) is 4.62. The minimum Gasteiger partial charge on any atom is -0.450 e. The van der Waals surface area contributed by atoms with E-state index in [1.165, 1.54) is 0 Å². The fraction of sp³-hybridized carbons (Fsp3) is 0.812. The van der Waals surface area contributed by atoms with Gasteiger partial charge in [-0.15, -0.1) is 0 Å². The summed E-state index contributed by atoms with van der Waals surface area (Å²) in [5.74, 6) is 0.245. The van der Waals surface area contributed by atoms with E-state index in [-0.39, 0.29) is 23.8 Å². The molecule has 2 aliphatic rings. The molecule has 7 heteroatoms. The highest BCUT2D eigenvalue weighted by molar-refractivity contribution is 5.80. The summed E-state index contributed by atoms with van der Waals surface area (Å²) in [4.78, 5) is 41.2. The molecule has 2 saturated heterocycles. The lowest BCUT2D eigenvalue weighted by molar-refractivity contribution is -0.140. The smallest absolute Gasteiger partial charge is 0.409 e. The van der Waals surface area contributed by atoms with Crippen LogP contribution in [0.1, 0.15) is 33.1 Å². The Kier molecular flexibility index (Phi) is 6.24. The lowest BCUT2D eigenvalue weighted by Gasteiger charge is -2.33. The van der Waals surface area contributed by atoms with E-state index in [9.17, 15) is 14.4 Å². The number of hydrogen-bond acceptors (Lipinski definition) is 4. The monoisotopic (exact) mass is 325 g/mol. The van der Waals surface area contributed by atoms with Gasteiger partial charge in [-0.25, -0.2) is 4.79 Å². The van der Waals surface area contributed by atoms with Crippen molar-refractivity contribution >= 4 is 17.9 Å². The average molecular weight is 325 g/mol. The Hall–Kier alpha value is -1.79. The van der Waals surface area contributed by atoms with E-state index in [0.717, 1.165) is 19.3 Å². The second-order valence-electron chi connectivity index (χ2n) is 6.15. The molecule has 0 saturated carbocycles. The van der Waals surface area contributed by atoms with Crippen LogP contribution < -0.4 is 0 Å². The van der Waals surface area contributed by atoms with Crippen LogP contribution in [0, 0.1) is 5.92 Å². The van der Waals surface area contributed by atoms with E-state index in [0.29, 0.717) is 45.9 Å². The predicted molar refractivity (Wildman–Crippen MR) is 84.8 cm³/mol. The van der Waals surface area contributed by atoms with Gasteiger partial charge in [0.15, 0.2) is 0 Å². The molecular formula is C16H27N3O4. The number of ether oxygens (including phenoxy) is 1. The molecule has 0 aromatic heterocycles. The van der Waals surface area contributed by atoms with Crippen molar-refractivity contribution < 1.29 is 19.1 Å². The van der Waals surface area contributed by atoms with E-state index in [4.69, 9.17) is 4.74 Å². The number of piperidine rings is 1. The molecule has 0 atom stereocenters. The molecule has 7 nitrogen and oxygen atoms in total. The summed E-state index contributed by atoms with van der Waals surface area (Å²) in [6.07, 6.45) is 1.95. The van der Waals surface area contributed by atoms with Crippen molar-refractivity contribution in [2.75, 3.05) is 45.9 Å². The third kappa shape index (κ3) is 4.59. The standard InChI is InChI=1S/C16H27N3O4/c1-3-23-16(22)19-8-4-7-18(11-12-19)15(21)14-5-9-17(10-6-14)13(2)20/h14H,3-12H2,1-2H3. The highest BCUT2D eigenvalue weighted by atomic mass is 16.6. The molecule has 2 rings (SSSR count). The molecule has 0 spiro atoms. The number of carbonyl (C=O) groups excluding carboxylic acids is 3. The van der Waals surface area contributed by atoms with Crippen molar-refractivity contribution in [1.29, 1.82) is 0 Å². The minimum atomic E-state index is -0.295. The zero-order valence-electron chi connectivity index (χ0n) is 14.1. The maximum Gasteiger partial charge on any atom is 0.409 e. The SMILES string of the molecule is CCOC(=O)N1CCCN(C(=O)C2CCN(C(C)=O)CC2)CC1. The molecule has 0 aromatic carbocycles. The summed E-state index contributed by atoms with van der Waals surface area (Å²) in [7, 11) is 0. The molecule has 130 valence electrons. The predicted octanol–water partition coefficient (Wildman–Crippen LogP) is 0.936. The van der Waals surface area contributed by atoms with E-state index < -0.39 is 0 Å². The van der Waals surface area contributed by atoms with Crippen LogP contribution in [0.4, 0.5) is 4.79 Å². The van der Waals surface area contributed by atoms with Gasteiger partial charge in [-0.1, -0.05) is 0 Å². The van der Waals surface area contributed by atoms with Gasteiger partial charge in [0.1, 0.15) is 0 Å². The number of likely N-dealkylation sites (tertiary alicyclic amines) is 1. The van der Waals surface area contributed by atoms with Crippen molar-refractivity contribution in [3.63, 3.8) is 0 Å². The molecule has 0 aliphatic carbocycles. The van der Waals surface area contributed by atoms with Crippen LogP contribution in [-0.4, -0.2) is 78.5 Å². The largest absolute Gasteiger partial charge is 0.450 e. The number of amides is 3. The van der Waals surface area contributed by atoms with E-state index >= 15 is 0 Å². The maximum atomic E-state index is 12.7. The maximum absolute atomic E-state index is 12.7. The Bertz CT molecular complexity index is 447. The van der Waals surface area contributed by atoms with Gasteiger partial charge in [-0.3, -0.25) is 9.59 Å². The topological polar surface area (TPSA) is 70.2 Å². The van der Waals surface area contributed by atoms with Crippen LogP contribution in [0.3, 0.4) is 0 Å². The lowest BCUT2D eigenvalue weighted by atomic mass is 9.95. The summed E-state index contributed by atoms with van der Waals surface area (Å²) in [5, 5.41) is 0. The number of carbonyl (C=O) groups is 3. The molecular weight excluding hydrogens is 298 g/mol. The van der Waals surface area contributed by atoms with Crippen LogP contribution in [0.25, 0.3) is 0 Å². The van der Waals surface area contributed by atoms with E-state index in [1.807, 2.05) is 4.90 Å². The van der Waals surface area contributed by atoms with Crippen molar-refractivity contribution in [2.45, 2.75) is 33.1 Å². The highest BCUT2D eigenvalue weighted by Crippen LogP contribution is 2.20. The Morgan fingerprint density at radius 2 is 1.52 bits per heavy atom. The van der Waals surface area contributed by atoms with Gasteiger partial charge in [0.05, 0.1) is 6.61 Å². The Balaban J connectivity index is 1.84. The second kappa shape index (κ2) is 8.17. The van der Waals surface area contributed by atoms with Gasteiger partial charge in [0.25, 0.3) is 0 Å². The first-order chi connectivity index (χ1) is 11.0. The van der Waals surface area contributed by atoms with Gasteiger partial charge < -0.3 is 19.4 Å². The van der Waals surface area contributed by atoms with Gasteiger partial charge in [-0.05, 0) is 26.2 Å². The Morgan fingerprint density at radius 1 is 0.913 bits per heavy atom. The van der Waals surface area contributed by atoms with Gasteiger partial charge >= 0.3 is 6.09 Å². The molecule has 3 amide bonds. The van der Waals surface area contributed by atoms with Crippen LogP contribution in [0.15, 0.2) is 0 Å². The Labute approximate surface area is 137 Å². The molecule has 2 heterocycles. The first-order valence-electron chi connectivity index (χ1n) is 8.49. The quantitative estimate of drug-likeness (QED) is 0.757. The highest BCUT2D eigenvalue weighted by Gasteiger charge is 2.30. The first kappa shape index (κ1) is 17.6. The van der Waals surface area contributed by atoms with Crippen molar-refractivity contribution in [1.82, 2.24) is 14.7 Å². The van der Waals surface area contributed by atoms with Gasteiger partial charge in [0.2, 0.25) is 11.8 Å². The van der Waals surface area contributed by atoms with Gasteiger partial charge in [-0.2, -0.15) is 0 Å². The van der Waals surface area contributed by atoms with Crippen LogP contribution >= 0.6 is 0 Å². The van der Waals surface area contributed by atoms with E-state index in [2.05, 4.69) is 0 Å². The summed E-state index contributed by atoms with van der Waals surface area (Å²) in [5.41, 5.74) is 0. The molecule has 0 N–H and O–H groups in total. The van der Waals surface area contributed by atoms with E-state index in [1.54, 1.807) is 23.6 Å². The van der Waals surface area contributed by atoms with Crippen LogP contribution in [-0.2, 0) is 14.3 Å². The summed E-state index contributed by atoms with van der Waals surface area (Å²) in [6, 6.07) is 0. The second-order valence-corrected chi connectivity index (χ2v) is 6.15. The lowest BCUT2D eigenvalue weighted by Crippen LogP contribution is -2.45. The Morgan fingerprint density at radius 3 is 2.13 bits per heavy atom. The minimum absolute atomic E-state index is 0.000238. The van der Waals surface area contributed by atoms with Gasteiger partial charge in [0, 0.05) is 52.1 Å². The molecule has 2 fully saturated rings. The average Bonchev–Trinajstić information content (AvgIpc) is 2.80. The summed E-state index contributed by atoms with van der Waals surface area (Å²) < 4.78 is 5.03. The van der Waals surface area contributed by atoms with Crippen molar-refractivity contribution in [3.8, 4) is 0 Å². The van der Waals surface area contributed by atoms with Crippen LogP contribution in [0.2, 0.25) is 0 Å². The molecule has 2 aliphatic heterocycles. The number of nitrogens with zero attached hydrogens (tertiary/aromatic N) is 3. The third-order valence-electron chi connectivity index (χ3n) is 4.62. The zero-order chi connectivity index (χ0) is 16.8. The zero-order valence-corrected chi connectivity index (χ0v) is 14.1. The summed E-state index contributed by atoms with van der Waals surface area (Å²) in [6.45, 7) is 7.45. The fourth-order valence-electron chi connectivity index (χ4n) is 3.23. The molecule has 0 unspecified atom stereocenters. The number of rotatable bonds is 2. The summed E-state index contributed by atoms with van der Waals surface area (Å²) >= 11 is 0. The van der Waals surface area contributed by atoms with Crippen molar-refractivity contribution in [2.24, 2.45) is 5.92 Å². The fourth-order valence-corrected chi connectivity index (χ4v) is 3.23. The molecule has 0 aromatic rings. The molecule has 0 bridgehead atoms. The first-order valence-corrected chi connectivity index (χ1v) is 8.49. The molecule has 0 radical (unpaired) electrons. The number of hydrogen-bond donors (Lipinski definition) is 0. The normalized spacial score (nSPS) is 20.2. The van der Waals surface area contributed by atoms with Crippen LogP contribution in [0.5, 0.6) is 0 Å².